The predicted octanol–water partition coefficient (Wildman–Crippen LogP) is 4.22. The lowest BCUT2D eigenvalue weighted by atomic mass is 10.1. The van der Waals surface area contributed by atoms with Gasteiger partial charge < -0.3 is 15.1 Å². The largest absolute Gasteiger partial charge is 0.368 e. The van der Waals surface area contributed by atoms with Gasteiger partial charge in [0.25, 0.3) is 0 Å². The molecule has 0 bridgehead atoms. The lowest BCUT2D eigenvalue weighted by Gasteiger charge is -2.37. The van der Waals surface area contributed by atoms with Crippen LogP contribution in [-0.2, 0) is 0 Å². The Balaban J connectivity index is 1.62. The van der Waals surface area contributed by atoms with E-state index in [-0.39, 0.29) is 0 Å². The molecule has 1 N–H and O–H groups in total. The molecular weight excluding hydrogens is 346 g/mol. The lowest BCUT2D eigenvalue weighted by Crippen LogP contribution is -2.46. The molecule has 1 fully saturated rings. The maximum atomic E-state index is 6.12. The fraction of sp³-hybridized carbons (Fsp3) is 0.500. The molecule has 0 saturated carbocycles. The monoisotopic (exact) mass is 373 g/mol. The third-order valence-electron chi connectivity index (χ3n) is 4.62. The van der Waals surface area contributed by atoms with Crippen LogP contribution in [0.5, 0.6) is 0 Å². The van der Waals surface area contributed by atoms with Gasteiger partial charge in [-0.15, -0.1) is 0 Å². The number of aromatic nitrogens is 2. The zero-order valence-corrected chi connectivity index (χ0v) is 16.6. The Labute approximate surface area is 161 Å². The number of nitrogens with zero attached hydrogens (tertiary/aromatic N) is 4. The van der Waals surface area contributed by atoms with E-state index in [2.05, 4.69) is 46.1 Å². The Bertz CT molecular complexity index is 726. The lowest BCUT2D eigenvalue weighted by molar-refractivity contribution is 0.605. The maximum Gasteiger partial charge on any atom is 0.224 e. The van der Waals surface area contributed by atoms with Gasteiger partial charge in [0.1, 0.15) is 5.82 Å². The van der Waals surface area contributed by atoms with Crippen molar-refractivity contribution in [2.24, 2.45) is 5.92 Å². The van der Waals surface area contributed by atoms with Gasteiger partial charge >= 0.3 is 0 Å². The van der Waals surface area contributed by atoms with Gasteiger partial charge in [0.2, 0.25) is 5.95 Å². The van der Waals surface area contributed by atoms with Crippen molar-refractivity contribution in [3.63, 3.8) is 0 Å². The number of halogens is 1. The van der Waals surface area contributed by atoms with E-state index in [0.29, 0.717) is 5.92 Å². The van der Waals surface area contributed by atoms with Gasteiger partial charge in [-0.2, -0.15) is 4.98 Å². The van der Waals surface area contributed by atoms with E-state index in [1.165, 1.54) is 5.69 Å². The first-order chi connectivity index (χ1) is 12.5. The molecule has 0 aliphatic carbocycles. The molecule has 3 rings (SSSR count). The number of nitrogens with one attached hydrogen (secondary N) is 1. The number of anilines is 3. The molecule has 0 unspecified atom stereocenters. The van der Waals surface area contributed by atoms with Crippen molar-refractivity contribution >= 4 is 29.1 Å². The Morgan fingerprint density at radius 2 is 1.81 bits per heavy atom. The van der Waals surface area contributed by atoms with Crippen LogP contribution in [0.2, 0.25) is 5.02 Å². The van der Waals surface area contributed by atoms with E-state index in [0.717, 1.165) is 61.6 Å². The summed E-state index contributed by atoms with van der Waals surface area (Å²) in [6, 6.07) is 10.1. The van der Waals surface area contributed by atoms with Gasteiger partial charge in [-0.25, -0.2) is 4.98 Å². The normalized spacial score (nSPS) is 14.8. The highest BCUT2D eigenvalue weighted by Gasteiger charge is 2.19. The van der Waals surface area contributed by atoms with Crippen LogP contribution in [0.3, 0.4) is 0 Å². The van der Waals surface area contributed by atoms with Crippen LogP contribution < -0.4 is 15.1 Å². The minimum atomic E-state index is 0.673. The number of piperazine rings is 1. The number of benzene rings is 1. The van der Waals surface area contributed by atoms with Crippen molar-refractivity contribution in [1.29, 1.82) is 0 Å². The number of rotatable bonds is 6. The Hall–Kier alpha value is -2.01. The average molecular weight is 374 g/mol. The molecule has 26 heavy (non-hydrogen) atoms. The predicted molar refractivity (Wildman–Crippen MR) is 111 cm³/mol. The molecule has 2 aromatic rings. The highest BCUT2D eigenvalue weighted by Crippen LogP contribution is 2.23. The third kappa shape index (κ3) is 5.01. The summed E-state index contributed by atoms with van der Waals surface area (Å²) < 4.78 is 0. The van der Waals surface area contributed by atoms with Gasteiger partial charge in [-0.3, -0.25) is 0 Å². The maximum absolute atomic E-state index is 6.12. The molecule has 140 valence electrons. The standard InChI is InChI=1S/C20H28ClN5/c1-15(2)7-8-22-20-23-16(3)13-19(24-20)26-11-9-25(10-12-26)18-6-4-5-17(21)14-18/h4-6,13-15H,7-12H2,1-3H3,(H,22,23,24). The first-order valence-electron chi connectivity index (χ1n) is 9.36. The van der Waals surface area contributed by atoms with Gasteiger partial charge in [0.15, 0.2) is 0 Å². The molecule has 1 aliphatic heterocycles. The van der Waals surface area contributed by atoms with Crippen LogP contribution in [0.4, 0.5) is 17.5 Å². The SMILES string of the molecule is Cc1cc(N2CCN(c3cccc(Cl)c3)CC2)nc(NCCC(C)C)n1. The minimum Gasteiger partial charge on any atom is -0.368 e. The summed E-state index contributed by atoms with van der Waals surface area (Å²) in [7, 11) is 0. The van der Waals surface area contributed by atoms with Crippen molar-refractivity contribution in [1.82, 2.24) is 9.97 Å². The highest BCUT2D eigenvalue weighted by molar-refractivity contribution is 6.30. The summed E-state index contributed by atoms with van der Waals surface area (Å²) in [5, 5.41) is 4.15. The van der Waals surface area contributed by atoms with Gasteiger partial charge in [-0.1, -0.05) is 31.5 Å². The summed E-state index contributed by atoms with van der Waals surface area (Å²) in [5.74, 6) is 2.42. The van der Waals surface area contributed by atoms with E-state index < -0.39 is 0 Å². The quantitative estimate of drug-likeness (QED) is 0.821. The second-order valence-corrected chi connectivity index (χ2v) is 7.69. The van der Waals surface area contributed by atoms with E-state index in [1.807, 2.05) is 25.1 Å². The molecule has 5 nitrogen and oxygen atoms in total. The first kappa shape index (κ1) is 18.8. The number of aryl methyl sites for hydroxylation is 1. The van der Waals surface area contributed by atoms with Crippen LogP contribution in [0.15, 0.2) is 30.3 Å². The molecule has 1 aromatic heterocycles. The van der Waals surface area contributed by atoms with Crippen molar-refractivity contribution in [3.05, 3.63) is 41.0 Å². The first-order valence-corrected chi connectivity index (χ1v) is 9.74. The Kier molecular flexibility index (Phi) is 6.20. The van der Waals surface area contributed by atoms with Crippen LogP contribution in [0.1, 0.15) is 26.0 Å². The smallest absolute Gasteiger partial charge is 0.224 e. The summed E-state index contributed by atoms with van der Waals surface area (Å²) in [4.78, 5) is 14.0. The van der Waals surface area contributed by atoms with Crippen molar-refractivity contribution in [3.8, 4) is 0 Å². The molecule has 2 heterocycles. The molecule has 0 spiro atoms. The van der Waals surface area contributed by atoms with Crippen LogP contribution >= 0.6 is 11.6 Å². The second-order valence-electron chi connectivity index (χ2n) is 7.25. The van der Waals surface area contributed by atoms with Crippen LogP contribution in [0, 0.1) is 12.8 Å². The molecule has 0 amide bonds. The molecule has 0 atom stereocenters. The zero-order valence-electron chi connectivity index (χ0n) is 15.9. The number of hydrogen-bond donors (Lipinski definition) is 1. The Morgan fingerprint density at radius 1 is 1.08 bits per heavy atom. The summed E-state index contributed by atoms with van der Waals surface area (Å²) in [5.41, 5.74) is 2.19. The third-order valence-corrected chi connectivity index (χ3v) is 4.86. The van der Waals surface area contributed by atoms with Crippen molar-refractivity contribution in [2.45, 2.75) is 27.2 Å². The zero-order chi connectivity index (χ0) is 18.5. The van der Waals surface area contributed by atoms with Crippen molar-refractivity contribution in [2.75, 3.05) is 47.8 Å². The molecule has 1 aromatic carbocycles. The minimum absolute atomic E-state index is 0.673. The molecule has 6 heteroatoms. The fourth-order valence-electron chi connectivity index (χ4n) is 3.13. The van der Waals surface area contributed by atoms with E-state index in [9.17, 15) is 0 Å². The molecule has 1 aliphatic rings. The van der Waals surface area contributed by atoms with Gasteiger partial charge in [0, 0.05) is 55.2 Å². The average Bonchev–Trinajstić information content (AvgIpc) is 2.61. The van der Waals surface area contributed by atoms with E-state index in [4.69, 9.17) is 16.6 Å². The van der Waals surface area contributed by atoms with Crippen LogP contribution in [0.25, 0.3) is 0 Å². The molecular formula is C20H28ClN5. The molecule has 0 radical (unpaired) electrons. The summed E-state index contributed by atoms with van der Waals surface area (Å²) in [6.07, 6.45) is 1.12. The van der Waals surface area contributed by atoms with Gasteiger partial charge in [-0.05, 0) is 37.5 Å². The number of hydrogen-bond acceptors (Lipinski definition) is 5. The molecule has 1 saturated heterocycles. The van der Waals surface area contributed by atoms with Crippen LogP contribution in [-0.4, -0.2) is 42.7 Å². The Morgan fingerprint density at radius 3 is 2.50 bits per heavy atom. The fourth-order valence-corrected chi connectivity index (χ4v) is 3.32. The summed E-state index contributed by atoms with van der Waals surface area (Å²) >= 11 is 6.12. The van der Waals surface area contributed by atoms with E-state index in [1.54, 1.807) is 0 Å². The topological polar surface area (TPSA) is 44.3 Å². The van der Waals surface area contributed by atoms with Gasteiger partial charge in [0.05, 0.1) is 0 Å². The summed E-state index contributed by atoms with van der Waals surface area (Å²) in [6.45, 7) is 11.2. The van der Waals surface area contributed by atoms with E-state index >= 15 is 0 Å². The highest BCUT2D eigenvalue weighted by atomic mass is 35.5. The second kappa shape index (κ2) is 8.58. The van der Waals surface area contributed by atoms with Crippen molar-refractivity contribution < 1.29 is 0 Å².